The van der Waals surface area contributed by atoms with Crippen molar-refractivity contribution in [2.24, 2.45) is 11.7 Å². The van der Waals surface area contributed by atoms with E-state index in [1.54, 1.807) is 12.1 Å². The third-order valence-corrected chi connectivity index (χ3v) is 7.87. The number of rotatable bonds is 9. The molecule has 0 saturated carbocycles. The Balaban J connectivity index is 1.60. The maximum absolute atomic E-state index is 13.7. The third kappa shape index (κ3) is 5.28. The van der Waals surface area contributed by atoms with E-state index in [0.29, 0.717) is 31.4 Å². The highest BCUT2D eigenvalue weighted by atomic mass is 32.2. The molecule has 1 saturated heterocycles. The van der Waals surface area contributed by atoms with Crippen LogP contribution in [0.25, 0.3) is 0 Å². The van der Waals surface area contributed by atoms with E-state index in [-0.39, 0.29) is 26.8 Å². The number of sulfone groups is 1. The average molecular weight is 510 g/mol. The number of anilines is 2. The van der Waals surface area contributed by atoms with Crippen LogP contribution in [0.5, 0.6) is 5.75 Å². The molecule has 1 atom stereocenters. The summed E-state index contributed by atoms with van der Waals surface area (Å²) in [5.74, 6) is 0.909. The first-order valence-electron chi connectivity index (χ1n) is 11.8. The molecule has 4 rings (SSSR count). The zero-order valence-corrected chi connectivity index (χ0v) is 21.5. The second kappa shape index (κ2) is 10.1. The number of nitrogens with two attached hydrogens (primary N) is 1. The lowest BCUT2D eigenvalue weighted by molar-refractivity contribution is 0.0997. The van der Waals surface area contributed by atoms with E-state index >= 15 is 0 Å². The number of ether oxygens (including phenoxy) is 1. The highest BCUT2D eigenvalue weighted by Crippen LogP contribution is 2.39. The molecule has 0 bridgehead atoms. The number of aromatic nitrogens is 2. The van der Waals surface area contributed by atoms with Crippen molar-refractivity contribution in [3.05, 3.63) is 66.4 Å². The summed E-state index contributed by atoms with van der Waals surface area (Å²) >= 11 is 0. The van der Waals surface area contributed by atoms with Gasteiger partial charge in [0.1, 0.15) is 29.6 Å². The Morgan fingerprint density at radius 3 is 2.58 bits per heavy atom. The van der Waals surface area contributed by atoms with Crippen molar-refractivity contribution < 1.29 is 17.9 Å². The van der Waals surface area contributed by atoms with Gasteiger partial charge in [-0.15, -0.1) is 0 Å². The van der Waals surface area contributed by atoms with Gasteiger partial charge in [0, 0.05) is 18.3 Å². The first kappa shape index (κ1) is 25.4. The van der Waals surface area contributed by atoms with Gasteiger partial charge >= 0.3 is 0 Å². The van der Waals surface area contributed by atoms with Crippen molar-refractivity contribution in [2.75, 3.05) is 29.9 Å². The molecule has 3 N–H and O–H groups in total. The molecule has 0 radical (unpaired) electrons. The number of carbonyl (C=O) groups excluding carboxylic acids is 1. The number of primary amides is 1. The van der Waals surface area contributed by atoms with Crippen molar-refractivity contribution in [3.63, 3.8) is 0 Å². The van der Waals surface area contributed by atoms with Crippen molar-refractivity contribution in [1.29, 1.82) is 0 Å². The van der Waals surface area contributed by atoms with Crippen LogP contribution in [-0.2, 0) is 9.84 Å². The summed E-state index contributed by atoms with van der Waals surface area (Å²) in [6.45, 7) is 7.63. The summed E-state index contributed by atoms with van der Waals surface area (Å²) in [5, 5.41) is 2.89. The van der Waals surface area contributed by atoms with Crippen LogP contribution in [0.15, 0.2) is 70.7 Å². The largest absolute Gasteiger partial charge is 0.492 e. The molecular weight excluding hydrogens is 478 g/mol. The van der Waals surface area contributed by atoms with Crippen LogP contribution in [0.2, 0.25) is 0 Å². The number of para-hydroxylation sites is 1. The predicted octanol–water partition coefficient (Wildman–Crippen LogP) is 3.52. The fourth-order valence-corrected chi connectivity index (χ4v) is 6.10. The molecular formula is C26H31N5O4S. The summed E-state index contributed by atoms with van der Waals surface area (Å²) in [7, 11) is -4.16. The molecule has 1 fully saturated rings. The number of nitrogens with zero attached hydrogens (tertiary/aromatic N) is 3. The molecule has 1 aromatic carbocycles. The molecule has 2 aromatic heterocycles. The number of amides is 1. The van der Waals surface area contributed by atoms with E-state index in [1.807, 2.05) is 49.1 Å². The van der Waals surface area contributed by atoms with Crippen LogP contribution >= 0.6 is 0 Å². The Hall–Kier alpha value is -3.66. The van der Waals surface area contributed by atoms with E-state index in [0.717, 1.165) is 12.2 Å². The smallest absolute Gasteiger partial charge is 0.253 e. The molecule has 3 heterocycles. The minimum absolute atomic E-state index is 0.115. The van der Waals surface area contributed by atoms with E-state index in [1.165, 1.54) is 18.3 Å². The minimum atomic E-state index is -4.16. The highest BCUT2D eigenvalue weighted by Gasteiger charge is 2.40. The van der Waals surface area contributed by atoms with Crippen molar-refractivity contribution >= 4 is 27.4 Å². The molecule has 1 aliphatic heterocycles. The lowest BCUT2D eigenvalue weighted by Crippen LogP contribution is -2.40. The van der Waals surface area contributed by atoms with Gasteiger partial charge < -0.3 is 20.7 Å². The van der Waals surface area contributed by atoms with Gasteiger partial charge in [-0.25, -0.2) is 18.4 Å². The minimum Gasteiger partial charge on any atom is -0.492 e. The number of carbonyl (C=O) groups is 1. The Bertz CT molecular complexity index is 1350. The SMILES string of the molecule is CC1CN(c2nccc(S(=O)(=O)c3cccc(NCCOc4ccccc4)n3)c2C(N)=O)C(C)(C)C1. The monoisotopic (exact) mass is 509 g/mol. The van der Waals surface area contributed by atoms with Crippen LogP contribution in [0.1, 0.15) is 37.6 Å². The van der Waals surface area contributed by atoms with Gasteiger partial charge in [0.15, 0.2) is 5.03 Å². The van der Waals surface area contributed by atoms with Crippen LogP contribution in [0, 0.1) is 5.92 Å². The number of hydrogen-bond acceptors (Lipinski definition) is 8. The number of pyridine rings is 2. The second-order valence-electron chi connectivity index (χ2n) is 9.56. The lowest BCUT2D eigenvalue weighted by Gasteiger charge is -2.33. The zero-order valence-electron chi connectivity index (χ0n) is 20.6. The molecule has 190 valence electrons. The van der Waals surface area contributed by atoms with Gasteiger partial charge in [-0.2, -0.15) is 0 Å². The average Bonchev–Trinajstić information content (AvgIpc) is 3.13. The van der Waals surface area contributed by atoms with E-state index < -0.39 is 15.7 Å². The lowest BCUT2D eigenvalue weighted by atomic mass is 9.97. The zero-order chi connectivity index (χ0) is 25.9. The van der Waals surface area contributed by atoms with Crippen molar-refractivity contribution in [2.45, 2.75) is 42.7 Å². The van der Waals surface area contributed by atoms with Crippen LogP contribution in [0.3, 0.4) is 0 Å². The van der Waals surface area contributed by atoms with E-state index in [2.05, 4.69) is 22.2 Å². The molecule has 0 aliphatic carbocycles. The van der Waals surface area contributed by atoms with Gasteiger partial charge in [-0.1, -0.05) is 31.2 Å². The summed E-state index contributed by atoms with van der Waals surface area (Å²) in [4.78, 5) is 23.0. The van der Waals surface area contributed by atoms with Crippen LogP contribution < -0.4 is 20.7 Å². The standard InChI is InChI=1S/C26H31N5O4S/c1-18-16-26(2,3)31(17-18)25-23(24(27)32)20(12-13-29-25)36(33,34)22-11-7-10-21(30-22)28-14-15-35-19-8-5-4-6-9-19/h4-13,18H,14-17H2,1-3H3,(H2,27,32)(H,28,30). The Labute approximate surface area is 211 Å². The van der Waals surface area contributed by atoms with Gasteiger partial charge in [0.2, 0.25) is 9.84 Å². The van der Waals surface area contributed by atoms with E-state index in [4.69, 9.17) is 10.5 Å². The first-order valence-corrected chi connectivity index (χ1v) is 13.3. The number of hydrogen-bond donors (Lipinski definition) is 2. The van der Waals surface area contributed by atoms with E-state index in [9.17, 15) is 13.2 Å². The summed E-state index contributed by atoms with van der Waals surface area (Å²) < 4.78 is 33.0. The molecule has 1 amide bonds. The Morgan fingerprint density at radius 1 is 1.17 bits per heavy atom. The number of benzene rings is 1. The summed E-state index contributed by atoms with van der Waals surface area (Å²) in [6, 6.07) is 15.4. The first-order chi connectivity index (χ1) is 17.1. The van der Waals surface area contributed by atoms with Gasteiger partial charge in [0.25, 0.3) is 5.91 Å². The summed E-state index contributed by atoms with van der Waals surface area (Å²) in [5.41, 5.74) is 5.31. The van der Waals surface area contributed by atoms with Crippen LogP contribution in [-0.4, -0.2) is 49.5 Å². The predicted molar refractivity (Wildman–Crippen MR) is 138 cm³/mol. The fraction of sp³-hybridized carbons (Fsp3) is 0.346. The number of nitrogens with one attached hydrogen (secondary N) is 1. The fourth-order valence-electron chi connectivity index (χ4n) is 4.69. The molecule has 0 spiro atoms. The van der Waals surface area contributed by atoms with Crippen molar-refractivity contribution in [1.82, 2.24) is 9.97 Å². The maximum atomic E-state index is 13.7. The highest BCUT2D eigenvalue weighted by molar-refractivity contribution is 7.91. The van der Waals surface area contributed by atoms with Crippen molar-refractivity contribution in [3.8, 4) is 5.75 Å². The van der Waals surface area contributed by atoms with Crippen LogP contribution in [0.4, 0.5) is 11.6 Å². The Kier molecular flexibility index (Phi) is 7.16. The Morgan fingerprint density at radius 2 is 1.92 bits per heavy atom. The van der Waals surface area contributed by atoms with Gasteiger partial charge in [-0.05, 0) is 56.5 Å². The summed E-state index contributed by atoms with van der Waals surface area (Å²) in [6.07, 6.45) is 2.28. The molecule has 9 nitrogen and oxygen atoms in total. The normalized spacial score (nSPS) is 17.1. The topological polar surface area (TPSA) is 128 Å². The van der Waals surface area contributed by atoms with Gasteiger partial charge in [-0.3, -0.25) is 4.79 Å². The second-order valence-corrected chi connectivity index (χ2v) is 11.4. The maximum Gasteiger partial charge on any atom is 0.253 e. The third-order valence-electron chi connectivity index (χ3n) is 6.18. The molecule has 1 unspecified atom stereocenters. The molecule has 1 aliphatic rings. The molecule has 3 aromatic rings. The molecule has 36 heavy (non-hydrogen) atoms. The molecule has 10 heteroatoms. The quantitative estimate of drug-likeness (QED) is 0.420. The van der Waals surface area contributed by atoms with Gasteiger partial charge in [0.05, 0.1) is 11.4 Å².